The molecular weight excluding hydrogens is 226 g/mol. The van der Waals surface area contributed by atoms with Gasteiger partial charge in [0.15, 0.2) is 0 Å². The molecule has 1 heterocycles. The highest BCUT2D eigenvalue weighted by atomic mass is 16.2. The van der Waals surface area contributed by atoms with Gasteiger partial charge in [-0.25, -0.2) is 0 Å². The van der Waals surface area contributed by atoms with E-state index in [-0.39, 0.29) is 17.4 Å². The SMILES string of the molecule is CC(C)Cn1cc(C(C)(C)NC(=O)C(C)C)cn1. The molecule has 0 saturated heterocycles. The topological polar surface area (TPSA) is 46.9 Å². The number of hydrogen-bond acceptors (Lipinski definition) is 2. The maximum Gasteiger partial charge on any atom is 0.223 e. The van der Waals surface area contributed by atoms with Crippen molar-refractivity contribution in [2.45, 2.75) is 53.6 Å². The lowest BCUT2D eigenvalue weighted by Crippen LogP contribution is -2.42. The van der Waals surface area contributed by atoms with Crippen LogP contribution < -0.4 is 5.32 Å². The number of rotatable bonds is 5. The van der Waals surface area contributed by atoms with E-state index >= 15 is 0 Å². The van der Waals surface area contributed by atoms with Gasteiger partial charge in [-0.1, -0.05) is 27.7 Å². The van der Waals surface area contributed by atoms with Gasteiger partial charge in [-0.2, -0.15) is 5.10 Å². The van der Waals surface area contributed by atoms with Crippen LogP contribution in [0.2, 0.25) is 0 Å². The van der Waals surface area contributed by atoms with Crippen molar-refractivity contribution in [2.24, 2.45) is 11.8 Å². The van der Waals surface area contributed by atoms with Crippen LogP contribution in [0.3, 0.4) is 0 Å². The molecule has 1 aromatic rings. The maximum absolute atomic E-state index is 11.8. The predicted molar refractivity (Wildman–Crippen MR) is 73.1 cm³/mol. The van der Waals surface area contributed by atoms with Crippen molar-refractivity contribution in [2.75, 3.05) is 0 Å². The number of carbonyl (C=O) groups is 1. The van der Waals surface area contributed by atoms with Gasteiger partial charge >= 0.3 is 0 Å². The molecular formula is C14H25N3O. The zero-order valence-electron chi connectivity index (χ0n) is 12.3. The van der Waals surface area contributed by atoms with E-state index in [1.54, 1.807) is 0 Å². The lowest BCUT2D eigenvalue weighted by Gasteiger charge is -2.26. The molecule has 0 atom stereocenters. The fraction of sp³-hybridized carbons (Fsp3) is 0.714. The number of nitrogens with zero attached hydrogens (tertiary/aromatic N) is 2. The molecule has 1 N–H and O–H groups in total. The van der Waals surface area contributed by atoms with Crippen LogP contribution in [-0.4, -0.2) is 15.7 Å². The Morgan fingerprint density at radius 1 is 1.39 bits per heavy atom. The largest absolute Gasteiger partial charge is 0.347 e. The first kappa shape index (κ1) is 14.7. The number of aromatic nitrogens is 2. The predicted octanol–water partition coefficient (Wildman–Crippen LogP) is 2.55. The molecule has 0 bridgehead atoms. The van der Waals surface area contributed by atoms with Gasteiger partial charge in [0.05, 0.1) is 11.7 Å². The fourth-order valence-corrected chi connectivity index (χ4v) is 1.68. The van der Waals surface area contributed by atoms with Gasteiger partial charge in [-0.15, -0.1) is 0 Å². The minimum absolute atomic E-state index is 0.00464. The number of nitrogens with one attached hydrogen (secondary N) is 1. The minimum atomic E-state index is -0.378. The van der Waals surface area contributed by atoms with Crippen molar-refractivity contribution in [1.29, 1.82) is 0 Å². The van der Waals surface area contributed by atoms with Crippen molar-refractivity contribution < 1.29 is 4.79 Å². The van der Waals surface area contributed by atoms with Crippen LogP contribution in [0.4, 0.5) is 0 Å². The third kappa shape index (κ3) is 3.86. The minimum Gasteiger partial charge on any atom is -0.347 e. The molecule has 0 unspecified atom stereocenters. The van der Waals surface area contributed by atoms with E-state index in [0.29, 0.717) is 5.92 Å². The summed E-state index contributed by atoms with van der Waals surface area (Å²) in [6, 6.07) is 0. The highest BCUT2D eigenvalue weighted by Crippen LogP contribution is 2.20. The zero-order chi connectivity index (χ0) is 13.9. The molecule has 4 heteroatoms. The van der Waals surface area contributed by atoms with Gasteiger partial charge in [0.2, 0.25) is 5.91 Å². The van der Waals surface area contributed by atoms with Gasteiger partial charge in [0, 0.05) is 24.2 Å². The zero-order valence-corrected chi connectivity index (χ0v) is 12.3. The van der Waals surface area contributed by atoms with Crippen LogP contribution >= 0.6 is 0 Å². The fourth-order valence-electron chi connectivity index (χ4n) is 1.68. The first-order valence-electron chi connectivity index (χ1n) is 6.57. The number of hydrogen-bond donors (Lipinski definition) is 1. The molecule has 1 aromatic heterocycles. The molecule has 0 radical (unpaired) electrons. The number of carbonyl (C=O) groups excluding carboxylic acids is 1. The molecule has 0 saturated carbocycles. The summed E-state index contributed by atoms with van der Waals surface area (Å²) in [5, 5.41) is 7.39. The first-order chi connectivity index (χ1) is 8.22. The summed E-state index contributed by atoms with van der Waals surface area (Å²) in [6.45, 7) is 13.0. The highest BCUT2D eigenvalue weighted by Gasteiger charge is 2.25. The summed E-state index contributed by atoms with van der Waals surface area (Å²) in [4.78, 5) is 11.8. The Hall–Kier alpha value is -1.32. The van der Waals surface area contributed by atoms with Crippen molar-refractivity contribution in [3.05, 3.63) is 18.0 Å². The third-order valence-corrected chi connectivity index (χ3v) is 2.87. The van der Waals surface area contributed by atoms with Gasteiger partial charge in [0.25, 0.3) is 0 Å². The van der Waals surface area contributed by atoms with E-state index in [1.165, 1.54) is 0 Å². The van der Waals surface area contributed by atoms with Crippen LogP contribution in [0.25, 0.3) is 0 Å². The summed E-state index contributed by atoms with van der Waals surface area (Å²) in [6.07, 6.45) is 3.85. The van der Waals surface area contributed by atoms with Crippen LogP contribution in [-0.2, 0) is 16.9 Å². The van der Waals surface area contributed by atoms with E-state index in [1.807, 2.05) is 44.8 Å². The van der Waals surface area contributed by atoms with Crippen molar-refractivity contribution in [1.82, 2.24) is 15.1 Å². The number of amides is 1. The van der Waals surface area contributed by atoms with E-state index in [2.05, 4.69) is 24.3 Å². The van der Waals surface area contributed by atoms with Crippen molar-refractivity contribution in [3.8, 4) is 0 Å². The Bertz CT molecular complexity index is 405. The lowest BCUT2D eigenvalue weighted by atomic mass is 9.97. The van der Waals surface area contributed by atoms with E-state index in [9.17, 15) is 4.79 Å². The molecule has 1 amide bonds. The second-order valence-electron chi connectivity index (χ2n) is 6.11. The Kier molecular flexibility index (Phi) is 4.54. The Morgan fingerprint density at radius 2 is 2.00 bits per heavy atom. The average molecular weight is 251 g/mol. The van der Waals surface area contributed by atoms with E-state index in [4.69, 9.17) is 0 Å². The van der Waals surface area contributed by atoms with Gasteiger partial charge in [-0.05, 0) is 19.8 Å². The second-order valence-corrected chi connectivity index (χ2v) is 6.11. The van der Waals surface area contributed by atoms with E-state index in [0.717, 1.165) is 12.1 Å². The third-order valence-electron chi connectivity index (χ3n) is 2.87. The van der Waals surface area contributed by atoms with Crippen LogP contribution in [0.5, 0.6) is 0 Å². The first-order valence-corrected chi connectivity index (χ1v) is 6.57. The molecule has 18 heavy (non-hydrogen) atoms. The Morgan fingerprint density at radius 3 is 2.50 bits per heavy atom. The Labute approximate surface area is 110 Å². The summed E-state index contributed by atoms with van der Waals surface area (Å²) in [5.41, 5.74) is 0.661. The van der Waals surface area contributed by atoms with Gasteiger partial charge < -0.3 is 5.32 Å². The van der Waals surface area contributed by atoms with Gasteiger partial charge in [0.1, 0.15) is 0 Å². The van der Waals surface area contributed by atoms with Gasteiger partial charge in [-0.3, -0.25) is 9.48 Å². The lowest BCUT2D eigenvalue weighted by molar-refractivity contribution is -0.125. The summed E-state index contributed by atoms with van der Waals surface area (Å²) in [5.74, 6) is 0.623. The highest BCUT2D eigenvalue weighted by molar-refractivity contribution is 5.78. The van der Waals surface area contributed by atoms with Crippen molar-refractivity contribution >= 4 is 5.91 Å². The maximum atomic E-state index is 11.8. The average Bonchev–Trinajstić information content (AvgIpc) is 2.64. The molecule has 1 rings (SSSR count). The summed E-state index contributed by atoms with van der Waals surface area (Å²) in [7, 11) is 0. The Balaban J connectivity index is 2.78. The molecule has 0 aliphatic rings. The molecule has 102 valence electrons. The molecule has 4 nitrogen and oxygen atoms in total. The summed E-state index contributed by atoms with van der Waals surface area (Å²) < 4.78 is 1.93. The standard InChI is InChI=1S/C14H25N3O/c1-10(2)8-17-9-12(7-15-17)14(5,6)16-13(18)11(3)4/h7,9-11H,8H2,1-6H3,(H,16,18). The van der Waals surface area contributed by atoms with Crippen LogP contribution in [0.15, 0.2) is 12.4 Å². The van der Waals surface area contributed by atoms with Crippen LogP contribution in [0.1, 0.15) is 47.1 Å². The monoisotopic (exact) mass is 251 g/mol. The van der Waals surface area contributed by atoms with Crippen molar-refractivity contribution in [3.63, 3.8) is 0 Å². The normalized spacial score (nSPS) is 12.2. The molecule has 0 aromatic carbocycles. The molecule has 0 fully saturated rings. The van der Waals surface area contributed by atoms with Crippen LogP contribution in [0, 0.1) is 11.8 Å². The quantitative estimate of drug-likeness (QED) is 0.874. The molecule has 0 aliphatic heterocycles. The molecule has 0 aliphatic carbocycles. The summed E-state index contributed by atoms with van der Waals surface area (Å²) >= 11 is 0. The second kappa shape index (κ2) is 5.55. The van der Waals surface area contributed by atoms with E-state index < -0.39 is 0 Å². The molecule has 0 spiro atoms. The smallest absolute Gasteiger partial charge is 0.223 e.